The van der Waals surface area contributed by atoms with E-state index >= 15 is 0 Å². The van der Waals surface area contributed by atoms with Crippen LogP contribution in [-0.4, -0.2) is 5.78 Å². The first-order valence-electron chi connectivity index (χ1n) is 8.09. The maximum Gasteiger partial charge on any atom is 0.168 e. The molecular formula is C22H16O. The monoisotopic (exact) mass is 296 g/mol. The Balaban J connectivity index is 1.77. The number of Topliss-reactive ketones (excluding diaryl/α,β-unsaturated/α-hetero) is 1. The van der Waals surface area contributed by atoms with Crippen molar-refractivity contribution in [2.24, 2.45) is 5.92 Å². The second-order valence-electron chi connectivity index (χ2n) is 6.51. The van der Waals surface area contributed by atoms with Crippen LogP contribution in [0.1, 0.15) is 33.0 Å². The van der Waals surface area contributed by atoms with E-state index in [2.05, 4.69) is 54.6 Å². The van der Waals surface area contributed by atoms with Crippen LogP contribution in [0.3, 0.4) is 0 Å². The Hall–Kier alpha value is -2.67. The molecule has 1 fully saturated rings. The van der Waals surface area contributed by atoms with Crippen LogP contribution in [-0.2, 0) is 5.41 Å². The Bertz CT molecular complexity index is 856. The summed E-state index contributed by atoms with van der Waals surface area (Å²) in [4.78, 5) is 13.0. The molecule has 0 heterocycles. The third kappa shape index (κ3) is 1.49. The van der Waals surface area contributed by atoms with Crippen molar-refractivity contribution in [1.82, 2.24) is 0 Å². The van der Waals surface area contributed by atoms with Gasteiger partial charge >= 0.3 is 0 Å². The fourth-order valence-corrected chi connectivity index (χ4v) is 4.64. The van der Waals surface area contributed by atoms with E-state index in [4.69, 9.17) is 0 Å². The molecule has 2 aliphatic rings. The number of benzene rings is 3. The topological polar surface area (TPSA) is 17.1 Å². The number of carbonyl (C=O) groups excluding carboxylic acids is 1. The van der Waals surface area contributed by atoms with Gasteiger partial charge in [-0.15, -0.1) is 0 Å². The number of ketones is 1. The van der Waals surface area contributed by atoms with Gasteiger partial charge < -0.3 is 0 Å². The molecule has 0 amide bonds. The summed E-state index contributed by atoms with van der Waals surface area (Å²) in [5.41, 5.74) is 4.46. The average molecular weight is 296 g/mol. The van der Waals surface area contributed by atoms with Gasteiger partial charge in [-0.25, -0.2) is 0 Å². The highest BCUT2D eigenvalue weighted by atomic mass is 16.1. The van der Waals surface area contributed by atoms with Crippen molar-refractivity contribution >= 4 is 5.78 Å². The summed E-state index contributed by atoms with van der Waals surface area (Å²) < 4.78 is 0. The second kappa shape index (κ2) is 4.42. The first-order chi connectivity index (χ1) is 11.3. The minimum absolute atomic E-state index is 0.0460. The lowest BCUT2D eigenvalue weighted by Crippen LogP contribution is -2.20. The Morgan fingerprint density at radius 2 is 1.13 bits per heavy atom. The van der Waals surface area contributed by atoms with Gasteiger partial charge in [0.05, 0.1) is 0 Å². The van der Waals surface area contributed by atoms with Gasteiger partial charge in [-0.05, 0) is 16.7 Å². The molecular weight excluding hydrogens is 280 g/mol. The maximum atomic E-state index is 13.0. The molecule has 3 aromatic carbocycles. The third-order valence-electron chi connectivity index (χ3n) is 5.55. The van der Waals surface area contributed by atoms with Crippen LogP contribution in [0.2, 0.25) is 0 Å². The minimum Gasteiger partial charge on any atom is -0.294 e. The zero-order valence-corrected chi connectivity index (χ0v) is 12.6. The second-order valence-corrected chi connectivity index (χ2v) is 6.51. The van der Waals surface area contributed by atoms with Crippen molar-refractivity contribution in [3.05, 3.63) is 107 Å². The van der Waals surface area contributed by atoms with Crippen LogP contribution in [0.15, 0.2) is 84.9 Å². The quantitative estimate of drug-likeness (QED) is 0.676. The average Bonchev–Trinajstić information content (AvgIpc) is 3.25. The molecule has 0 radical (unpaired) electrons. The van der Waals surface area contributed by atoms with Crippen molar-refractivity contribution in [2.75, 3.05) is 0 Å². The van der Waals surface area contributed by atoms with Gasteiger partial charge in [0.15, 0.2) is 5.78 Å². The van der Waals surface area contributed by atoms with E-state index in [-0.39, 0.29) is 17.3 Å². The molecule has 0 bridgehead atoms. The SMILES string of the molecule is O=C1c2ccccc2[C@H]2[C@@H]1C2(c1ccccc1)c1ccccc1. The predicted molar refractivity (Wildman–Crippen MR) is 90.7 cm³/mol. The van der Waals surface area contributed by atoms with Gasteiger partial charge in [0, 0.05) is 22.8 Å². The summed E-state index contributed by atoms with van der Waals surface area (Å²) in [6, 6.07) is 29.2. The van der Waals surface area contributed by atoms with Gasteiger partial charge in [-0.2, -0.15) is 0 Å². The highest BCUT2D eigenvalue weighted by Crippen LogP contribution is 2.73. The predicted octanol–water partition coefficient (Wildman–Crippen LogP) is 4.58. The van der Waals surface area contributed by atoms with E-state index in [1.165, 1.54) is 16.7 Å². The molecule has 23 heavy (non-hydrogen) atoms. The van der Waals surface area contributed by atoms with Crippen molar-refractivity contribution in [2.45, 2.75) is 11.3 Å². The lowest BCUT2D eigenvalue weighted by Gasteiger charge is -2.23. The summed E-state index contributed by atoms with van der Waals surface area (Å²) in [6.45, 7) is 0. The molecule has 1 saturated carbocycles. The molecule has 3 aromatic rings. The van der Waals surface area contributed by atoms with Crippen molar-refractivity contribution in [3.8, 4) is 0 Å². The van der Waals surface area contributed by atoms with Gasteiger partial charge in [0.1, 0.15) is 0 Å². The molecule has 0 aliphatic heterocycles. The summed E-state index contributed by atoms with van der Waals surface area (Å²) in [5.74, 6) is 0.624. The molecule has 0 aromatic heterocycles. The molecule has 0 saturated heterocycles. The first kappa shape index (κ1) is 12.8. The van der Waals surface area contributed by atoms with Crippen LogP contribution in [0.5, 0.6) is 0 Å². The van der Waals surface area contributed by atoms with Crippen LogP contribution < -0.4 is 0 Å². The van der Waals surface area contributed by atoms with Crippen molar-refractivity contribution < 1.29 is 4.79 Å². The highest BCUT2D eigenvalue weighted by molar-refractivity contribution is 6.09. The van der Waals surface area contributed by atoms with E-state index in [0.29, 0.717) is 5.78 Å². The van der Waals surface area contributed by atoms with Crippen LogP contribution in [0, 0.1) is 5.92 Å². The fourth-order valence-electron chi connectivity index (χ4n) is 4.64. The van der Waals surface area contributed by atoms with Gasteiger partial charge in [-0.3, -0.25) is 4.79 Å². The third-order valence-corrected chi connectivity index (χ3v) is 5.55. The fraction of sp³-hybridized carbons (Fsp3) is 0.136. The van der Waals surface area contributed by atoms with Gasteiger partial charge in [0.25, 0.3) is 0 Å². The molecule has 5 rings (SSSR count). The Morgan fingerprint density at radius 3 is 1.74 bits per heavy atom. The largest absolute Gasteiger partial charge is 0.294 e. The van der Waals surface area contributed by atoms with Crippen LogP contribution in [0.25, 0.3) is 0 Å². The number of carbonyl (C=O) groups is 1. The van der Waals surface area contributed by atoms with Crippen molar-refractivity contribution in [1.29, 1.82) is 0 Å². The summed E-state index contributed by atoms with van der Waals surface area (Å²) >= 11 is 0. The Labute approximate surface area is 135 Å². The smallest absolute Gasteiger partial charge is 0.168 e. The van der Waals surface area contributed by atoms with E-state index in [9.17, 15) is 4.79 Å². The molecule has 0 N–H and O–H groups in total. The molecule has 2 aliphatic carbocycles. The molecule has 1 nitrogen and oxygen atoms in total. The zero-order chi connectivity index (χ0) is 15.4. The van der Waals surface area contributed by atoms with E-state index in [1.54, 1.807) is 0 Å². The minimum atomic E-state index is -0.187. The number of hydrogen-bond donors (Lipinski definition) is 0. The number of fused-ring (bicyclic) bond motifs is 3. The lowest BCUT2D eigenvalue weighted by atomic mass is 9.79. The molecule has 1 heteroatoms. The van der Waals surface area contributed by atoms with E-state index in [0.717, 1.165) is 5.56 Å². The van der Waals surface area contributed by atoms with Crippen LogP contribution >= 0.6 is 0 Å². The van der Waals surface area contributed by atoms with Crippen LogP contribution in [0.4, 0.5) is 0 Å². The normalized spacial score (nSPS) is 23.2. The summed E-state index contributed by atoms with van der Waals surface area (Å²) in [7, 11) is 0. The molecule has 0 spiro atoms. The first-order valence-corrected chi connectivity index (χ1v) is 8.09. The Morgan fingerprint density at radius 1 is 0.609 bits per heavy atom. The Kier molecular flexibility index (Phi) is 2.47. The molecule has 0 unspecified atom stereocenters. The highest BCUT2D eigenvalue weighted by Gasteiger charge is 2.73. The number of hydrogen-bond acceptors (Lipinski definition) is 1. The standard InChI is InChI=1S/C22H16O/c23-21-18-14-8-7-13-17(18)19-20(21)22(19,15-9-3-1-4-10-15)16-11-5-2-6-12-16/h1-14,19-20H/t19-,20-/m0/s1. The van der Waals surface area contributed by atoms with E-state index < -0.39 is 0 Å². The van der Waals surface area contributed by atoms with Gasteiger partial charge in [0.2, 0.25) is 0 Å². The molecule has 110 valence electrons. The lowest BCUT2D eigenvalue weighted by molar-refractivity contribution is 0.0966. The summed E-state index contributed by atoms with van der Waals surface area (Å²) in [5, 5.41) is 0. The van der Waals surface area contributed by atoms with Crippen molar-refractivity contribution in [3.63, 3.8) is 0 Å². The number of rotatable bonds is 2. The van der Waals surface area contributed by atoms with E-state index in [1.807, 2.05) is 30.3 Å². The molecule has 2 atom stereocenters. The maximum absolute atomic E-state index is 13.0. The van der Waals surface area contributed by atoms with Gasteiger partial charge in [-0.1, -0.05) is 84.9 Å². The zero-order valence-electron chi connectivity index (χ0n) is 12.6. The summed E-state index contributed by atoms with van der Waals surface area (Å²) in [6.07, 6.45) is 0.